The zero-order chi connectivity index (χ0) is 17.0. The quantitative estimate of drug-likeness (QED) is 0.771. The number of halogens is 1. The average molecular weight is 345 g/mol. The van der Waals surface area contributed by atoms with Crippen molar-refractivity contribution in [3.8, 4) is 5.75 Å². The lowest BCUT2D eigenvalue weighted by molar-refractivity contribution is -0.124. The Kier molecular flexibility index (Phi) is 5.19. The molecule has 0 bridgehead atoms. The number of carbonyl (C=O) groups is 2. The highest BCUT2D eigenvalue weighted by atomic mass is 32.2. The number of ether oxygens (including phenoxy) is 2. The molecule has 0 saturated carbocycles. The number of benzene rings is 1. The maximum atomic E-state index is 13.7. The van der Waals surface area contributed by atoms with Crippen molar-refractivity contribution in [1.82, 2.24) is 5.32 Å². The summed E-state index contributed by atoms with van der Waals surface area (Å²) in [5.41, 5.74) is -0.318. The summed E-state index contributed by atoms with van der Waals surface area (Å²) >= 11 is 0. The minimum atomic E-state index is -3.11. The van der Waals surface area contributed by atoms with Crippen molar-refractivity contribution < 1.29 is 31.9 Å². The second-order valence-electron chi connectivity index (χ2n) is 5.09. The molecule has 1 saturated heterocycles. The number of nitrogens with one attached hydrogen (secondary N) is 1. The van der Waals surface area contributed by atoms with Crippen molar-refractivity contribution in [2.75, 3.05) is 25.2 Å². The third-order valence-electron chi connectivity index (χ3n) is 3.33. The van der Waals surface area contributed by atoms with Crippen molar-refractivity contribution in [1.29, 1.82) is 0 Å². The molecule has 0 aromatic heterocycles. The van der Waals surface area contributed by atoms with Crippen LogP contribution in [0.4, 0.5) is 4.39 Å². The van der Waals surface area contributed by atoms with E-state index in [0.717, 1.165) is 6.07 Å². The minimum Gasteiger partial charge on any atom is -0.497 e. The van der Waals surface area contributed by atoms with E-state index in [-0.39, 0.29) is 22.8 Å². The highest BCUT2D eigenvalue weighted by molar-refractivity contribution is 7.91. The van der Waals surface area contributed by atoms with Gasteiger partial charge in [0.25, 0.3) is 5.91 Å². The third kappa shape index (κ3) is 4.65. The van der Waals surface area contributed by atoms with Crippen LogP contribution < -0.4 is 10.1 Å². The molecular formula is C14H16FNO6S. The molecule has 1 atom stereocenters. The van der Waals surface area contributed by atoms with Gasteiger partial charge < -0.3 is 14.8 Å². The van der Waals surface area contributed by atoms with Gasteiger partial charge in [-0.3, -0.25) is 4.79 Å². The van der Waals surface area contributed by atoms with Crippen LogP contribution in [0.1, 0.15) is 16.8 Å². The predicted molar refractivity (Wildman–Crippen MR) is 78.4 cm³/mol. The van der Waals surface area contributed by atoms with Crippen LogP contribution in [0, 0.1) is 5.82 Å². The molecule has 1 fully saturated rings. The van der Waals surface area contributed by atoms with Gasteiger partial charge in [0.15, 0.2) is 16.4 Å². The first-order valence-electron chi connectivity index (χ1n) is 6.81. The Balaban J connectivity index is 1.85. The largest absolute Gasteiger partial charge is 0.497 e. The van der Waals surface area contributed by atoms with Crippen molar-refractivity contribution in [2.24, 2.45) is 0 Å². The maximum absolute atomic E-state index is 13.7. The summed E-state index contributed by atoms with van der Waals surface area (Å²) in [7, 11) is -1.75. The van der Waals surface area contributed by atoms with Crippen molar-refractivity contribution in [3.63, 3.8) is 0 Å². The Labute approximate surface area is 132 Å². The molecule has 1 aromatic rings. The van der Waals surface area contributed by atoms with Gasteiger partial charge in [0.2, 0.25) is 0 Å². The van der Waals surface area contributed by atoms with Crippen LogP contribution in [0.3, 0.4) is 0 Å². The molecule has 1 aromatic carbocycles. The van der Waals surface area contributed by atoms with Gasteiger partial charge in [-0.2, -0.15) is 0 Å². The molecule has 0 spiro atoms. The van der Waals surface area contributed by atoms with Crippen LogP contribution in [0.2, 0.25) is 0 Å². The maximum Gasteiger partial charge on any atom is 0.341 e. The third-order valence-corrected chi connectivity index (χ3v) is 5.10. The lowest BCUT2D eigenvalue weighted by atomic mass is 10.2. The summed E-state index contributed by atoms with van der Waals surface area (Å²) in [4.78, 5) is 23.4. The standard InChI is InChI=1S/C14H16FNO6S/c1-21-10-2-3-11(12(15)6-10)14(18)22-7-13(17)16-9-4-5-23(19,20)8-9/h2-3,6,9H,4-5,7-8H2,1H3,(H,16,17)/t9-/m0/s1. The summed E-state index contributed by atoms with van der Waals surface area (Å²) in [6.07, 6.45) is 0.328. The van der Waals surface area contributed by atoms with E-state index < -0.39 is 40.2 Å². The Morgan fingerprint density at radius 1 is 1.39 bits per heavy atom. The van der Waals surface area contributed by atoms with Gasteiger partial charge in [0.1, 0.15) is 11.6 Å². The number of methoxy groups -OCH3 is 1. The van der Waals surface area contributed by atoms with Crippen LogP contribution in [0.5, 0.6) is 5.75 Å². The summed E-state index contributed by atoms with van der Waals surface area (Å²) in [6.45, 7) is -0.610. The number of amides is 1. The van der Waals surface area contributed by atoms with Gasteiger partial charge in [-0.15, -0.1) is 0 Å². The lowest BCUT2D eigenvalue weighted by Crippen LogP contribution is -2.38. The van der Waals surface area contributed by atoms with Crippen molar-refractivity contribution >= 4 is 21.7 Å². The van der Waals surface area contributed by atoms with Crippen molar-refractivity contribution in [3.05, 3.63) is 29.6 Å². The van der Waals surface area contributed by atoms with E-state index in [2.05, 4.69) is 5.32 Å². The predicted octanol–water partition coefficient (Wildman–Crippen LogP) is 0.294. The normalized spacial score (nSPS) is 19.1. The van der Waals surface area contributed by atoms with Gasteiger partial charge in [0, 0.05) is 12.1 Å². The molecule has 1 N–H and O–H groups in total. The number of esters is 1. The van der Waals surface area contributed by atoms with Crippen molar-refractivity contribution in [2.45, 2.75) is 12.5 Å². The molecule has 7 nitrogen and oxygen atoms in total. The van der Waals surface area contributed by atoms with E-state index in [0.29, 0.717) is 6.42 Å². The lowest BCUT2D eigenvalue weighted by Gasteiger charge is -2.11. The van der Waals surface area contributed by atoms with E-state index in [1.807, 2.05) is 0 Å². The van der Waals surface area contributed by atoms with Gasteiger partial charge in [-0.1, -0.05) is 0 Å². The summed E-state index contributed by atoms with van der Waals surface area (Å²) in [5, 5.41) is 2.47. The summed E-state index contributed by atoms with van der Waals surface area (Å²) in [6, 6.07) is 3.13. The van der Waals surface area contributed by atoms with E-state index in [9.17, 15) is 22.4 Å². The summed E-state index contributed by atoms with van der Waals surface area (Å²) in [5.74, 6) is -2.29. The first-order chi connectivity index (χ1) is 10.8. The molecule has 0 unspecified atom stereocenters. The Morgan fingerprint density at radius 2 is 2.13 bits per heavy atom. The molecule has 1 heterocycles. The number of rotatable bonds is 5. The fourth-order valence-corrected chi connectivity index (χ4v) is 3.85. The summed E-state index contributed by atoms with van der Waals surface area (Å²) < 4.78 is 45.8. The van der Waals surface area contributed by atoms with Crippen LogP contribution in [-0.4, -0.2) is 51.6 Å². The van der Waals surface area contributed by atoms with Gasteiger partial charge in [-0.25, -0.2) is 17.6 Å². The minimum absolute atomic E-state index is 0.0226. The van der Waals surface area contributed by atoms with E-state index >= 15 is 0 Å². The molecule has 9 heteroatoms. The molecule has 23 heavy (non-hydrogen) atoms. The number of hydrogen-bond acceptors (Lipinski definition) is 6. The molecule has 126 valence electrons. The first-order valence-corrected chi connectivity index (χ1v) is 8.63. The number of carbonyl (C=O) groups excluding carboxylic acids is 2. The smallest absolute Gasteiger partial charge is 0.341 e. The van der Waals surface area contributed by atoms with E-state index in [1.165, 1.54) is 19.2 Å². The average Bonchev–Trinajstić information content (AvgIpc) is 2.83. The number of hydrogen-bond donors (Lipinski definition) is 1. The van der Waals surface area contributed by atoms with Gasteiger partial charge >= 0.3 is 5.97 Å². The van der Waals surface area contributed by atoms with Crippen LogP contribution in [0.25, 0.3) is 0 Å². The Hall–Kier alpha value is -2.16. The molecule has 1 aliphatic heterocycles. The fourth-order valence-electron chi connectivity index (χ4n) is 2.18. The second-order valence-corrected chi connectivity index (χ2v) is 7.32. The molecular weight excluding hydrogens is 329 g/mol. The monoisotopic (exact) mass is 345 g/mol. The molecule has 0 aliphatic carbocycles. The van der Waals surface area contributed by atoms with E-state index in [4.69, 9.17) is 9.47 Å². The Bertz CT molecular complexity index is 718. The topological polar surface area (TPSA) is 98.8 Å². The molecule has 0 radical (unpaired) electrons. The highest BCUT2D eigenvalue weighted by Crippen LogP contribution is 2.17. The molecule has 1 amide bonds. The zero-order valence-corrected chi connectivity index (χ0v) is 13.2. The number of sulfone groups is 1. The SMILES string of the molecule is COc1ccc(C(=O)OCC(=O)N[C@H]2CCS(=O)(=O)C2)c(F)c1. The van der Waals surface area contributed by atoms with Crippen LogP contribution in [0.15, 0.2) is 18.2 Å². The van der Waals surface area contributed by atoms with Gasteiger partial charge in [0.05, 0.1) is 24.2 Å². The van der Waals surface area contributed by atoms with Gasteiger partial charge in [-0.05, 0) is 18.6 Å². The first kappa shape index (κ1) is 17.2. The van der Waals surface area contributed by atoms with Crippen LogP contribution >= 0.6 is 0 Å². The van der Waals surface area contributed by atoms with E-state index in [1.54, 1.807) is 0 Å². The molecule has 1 aliphatic rings. The van der Waals surface area contributed by atoms with Crippen LogP contribution in [-0.2, 0) is 19.4 Å². The fraction of sp³-hybridized carbons (Fsp3) is 0.429. The zero-order valence-electron chi connectivity index (χ0n) is 12.4. The second kappa shape index (κ2) is 6.95. The Morgan fingerprint density at radius 3 is 2.70 bits per heavy atom. The molecule has 2 rings (SSSR count). The highest BCUT2D eigenvalue weighted by Gasteiger charge is 2.29.